The molecule has 0 aromatic carbocycles. The van der Waals surface area contributed by atoms with Crippen molar-refractivity contribution < 1.29 is 0 Å². The second-order valence-electron chi connectivity index (χ2n) is 3.44. The Balaban J connectivity index is 2.60. The molecule has 1 rings (SSSR count). The number of rotatable bonds is 5. The first-order valence-electron chi connectivity index (χ1n) is 4.67. The normalized spacial score (nSPS) is 11.6. The summed E-state index contributed by atoms with van der Waals surface area (Å²) >= 11 is 8.88. The molecule has 0 bridgehead atoms. The molecule has 0 amide bonds. The molecule has 1 aromatic rings. The molecule has 14 heavy (non-hydrogen) atoms. The molecular formula is C10H15Br2NS. The minimum absolute atomic E-state index is 0.599. The smallest absolute Gasteiger partial charge is 0.0342 e. The van der Waals surface area contributed by atoms with Crippen LogP contribution in [-0.2, 0) is 6.54 Å². The first kappa shape index (κ1) is 12.7. The van der Waals surface area contributed by atoms with Gasteiger partial charge in [0.25, 0.3) is 0 Å². The number of nitrogens with zero attached hydrogens (tertiary/aromatic N) is 1. The fourth-order valence-corrected chi connectivity index (χ4v) is 3.21. The van der Waals surface area contributed by atoms with E-state index in [0.717, 1.165) is 18.4 Å². The molecule has 0 fully saturated rings. The van der Waals surface area contributed by atoms with E-state index in [0.29, 0.717) is 6.04 Å². The molecule has 1 heterocycles. The van der Waals surface area contributed by atoms with Crippen LogP contribution in [0, 0.1) is 0 Å². The standard InChI is InChI=1S/C10H15Br2NS/c1-8(2)13(5-4-11)7-10-9(12)3-6-14-10/h3,6,8H,4-5,7H2,1-2H3. The molecule has 1 aromatic heterocycles. The Morgan fingerprint density at radius 3 is 2.64 bits per heavy atom. The van der Waals surface area contributed by atoms with Crippen LogP contribution in [0.4, 0.5) is 0 Å². The van der Waals surface area contributed by atoms with E-state index < -0.39 is 0 Å². The largest absolute Gasteiger partial charge is 0.295 e. The number of thiophene rings is 1. The molecule has 0 saturated carbocycles. The van der Waals surface area contributed by atoms with Gasteiger partial charge >= 0.3 is 0 Å². The van der Waals surface area contributed by atoms with Crippen LogP contribution < -0.4 is 0 Å². The van der Waals surface area contributed by atoms with Crippen molar-refractivity contribution in [1.29, 1.82) is 0 Å². The van der Waals surface area contributed by atoms with Crippen molar-refractivity contribution >= 4 is 43.2 Å². The van der Waals surface area contributed by atoms with Crippen molar-refractivity contribution in [2.75, 3.05) is 11.9 Å². The first-order valence-corrected chi connectivity index (χ1v) is 7.46. The van der Waals surface area contributed by atoms with E-state index in [1.807, 2.05) is 11.3 Å². The summed E-state index contributed by atoms with van der Waals surface area (Å²) in [4.78, 5) is 3.88. The second-order valence-corrected chi connectivity index (χ2v) is 6.09. The van der Waals surface area contributed by atoms with E-state index in [2.05, 4.69) is 62.1 Å². The summed E-state index contributed by atoms with van der Waals surface area (Å²) < 4.78 is 1.24. The summed E-state index contributed by atoms with van der Waals surface area (Å²) in [6.07, 6.45) is 0. The fraction of sp³-hybridized carbons (Fsp3) is 0.600. The van der Waals surface area contributed by atoms with Crippen LogP contribution in [0.5, 0.6) is 0 Å². The zero-order valence-electron chi connectivity index (χ0n) is 8.46. The molecular weight excluding hydrogens is 326 g/mol. The van der Waals surface area contributed by atoms with E-state index in [1.54, 1.807) is 0 Å². The lowest BCUT2D eigenvalue weighted by atomic mass is 10.3. The Morgan fingerprint density at radius 2 is 2.21 bits per heavy atom. The zero-order valence-corrected chi connectivity index (χ0v) is 12.5. The maximum Gasteiger partial charge on any atom is 0.0342 e. The quantitative estimate of drug-likeness (QED) is 0.729. The van der Waals surface area contributed by atoms with Gasteiger partial charge in [-0.2, -0.15) is 0 Å². The lowest BCUT2D eigenvalue weighted by molar-refractivity contribution is 0.229. The number of hydrogen-bond donors (Lipinski definition) is 0. The first-order chi connectivity index (χ1) is 6.65. The van der Waals surface area contributed by atoms with Gasteiger partial charge in [0.15, 0.2) is 0 Å². The van der Waals surface area contributed by atoms with Crippen molar-refractivity contribution in [3.05, 3.63) is 20.8 Å². The van der Waals surface area contributed by atoms with Crippen molar-refractivity contribution in [3.8, 4) is 0 Å². The number of halogens is 2. The summed E-state index contributed by atoms with van der Waals surface area (Å²) in [7, 11) is 0. The Hall–Kier alpha value is 0.620. The van der Waals surface area contributed by atoms with E-state index in [9.17, 15) is 0 Å². The second kappa shape index (κ2) is 6.26. The van der Waals surface area contributed by atoms with Crippen LogP contribution in [-0.4, -0.2) is 22.8 Å². The summed E-state index contributed by atoms with van der Waals surface area (Å²) in [6.45, 7) is 6.62. The van der Waals surface area contributed by atoms with Crippen molar-refractivity contribution in [2.24, 2.45) is 0 Å². The SMILES string of the molecule is CC(C)N(CCBr)Cc1sccc1Br. The van der Waals surface area contributed by atoms with Gasteiger partial charge in [0, 0.05) is 33.8 Å². The lowest BCUT2D eigenvalue weighted by Crippen LogP contribution is -2.31. The highest BCUT2D eigenvalue weighted by molar-refractivity contribution is 9.10. The molecule has 0 spiro atoms. The van der Waals surface area contributed by atoms with E-state index >= 15 is 0 Å². The van der Waals surface area contributed by atoms with Crippen molar-refractivity contribution in [2.45, 2.75) is 26.4 Å². The molecule has 0 radical (unpaired) electrons. The van der Waals surface area contributed by atoms with Gasteiger partial charge in [0.05, 0.1) is 0 Å². The molecule has 80 valence electrons. The van der Waals surface area contributed by atoms with Gasteiger partial charge in [0.2, 0.25) is 0 Å². The Labute approximate surface area is 107 Å². The van der Waals surface area contributed by atoms with Crippen LogP contribution in [0.3, 0.4) is 0 Å². The molecule has 0 aliphatic heterocycles. The van der Waals surface area contributed by atoms with E-state index in [1.165, 1.54) is 9.35 Å². The van der Waals surface area contributed by atoms with Gasteiger partial charge in [0.1, 0.15) is 0 Å². The Kier molecular flexibility index (Phi) is 5.67. The molecule has 0 saturated heterocycles. The zero-order chi connectivity index (χ0) is 10.6. The van der Waals surface area contributed by atoms with Crippen LogP contribution in [0.1, 0.15) is 18.7 Å². The Morgan fingerprint density at radius 1 is 1.50 bits per heavy atom. The number of alkyl halides is 1. The third-order valence-corrected chi connectivity index (χ3v) is 4.41. The van der Waals surface area contributed by atoms with Gasteiger partial charge < -0.3 is 0 Å². The van der Waals surface area contributed by atoms with Gasteiger partial charge in [-0.15, -0.1) is 11.3 Å². The fourth-order valence-electron chi connectivity index (χ4n) is 1.25. The van der Waals surface area contributed by atoms with Crippen LogP contribution in [0.25, 0.3) is 0 Å². The highest BCUT2D eigenvalue weighted by Crippen LogP contribution is 2.24. The van der Waals surface area contributed by atoms with E-state index in [4.69, 9.17) is 0 Å². The van der Waals surface area contributed by atoms with Gasteiger partial charge in [-0.25, -0.2) is 0 Å². The van der Waals surface area contributed by atoms with Crippen LogP contribution in [0.15, 0.2) is 15.9 Å². The average molecular weight is 341 g/mol. The number of hydrogen-bond acceptors (Lipinski definition) is 2. The molecule has 0 unspecified atom stereocenters. The topological polar surface area (TPSA) is 3.24 Å². The highest BCUT2D eigenvalue weighted by Gasteiger charge is 2.11. The van der Waals surface area contributed by atoms with Crippen LogP contribution >= 0.6 is 43.2 Å². The summed E-state index contributed by atoms with van der Waals surface area (Å²) in [6, 6.07) is 2.72. The van der Waals surface area contributed by atoms with E-state index in [-0.39, 0.29) is 0 Å². The molecule has 1 nitrogen and oxygen atoms in total. The third-order valence-electron chi connectivity index (χ3n) is 2.14. The predicted molar refractivity (Wildman–Crippen MR) is 71.4 cm³/mol. The maximum absolute atomic E-state index is 3.57. The molecule has 4 heteroatoms. The van der Waals surface area contributed by atoms with Gasteiger partial charge in [-0.3, -0.25) is 4.90 Å². The monoisotopic (exact) mass is 339 g/mol. The summed E-state index contributed by atoms with van der Waals surface area (Å²) in [5.41, 5.74) is 0. The molecule has 0 aliphatic carbocycles. The van der Waals surface area contributed by atoms with Crippen LogP contribution in [0.2, 0.25) is 0 Å². The minimum atomic E-state index is 0.599. The third kappa shape index (κ3) is 3.65. The Bertz CT molecular complexity index is 273. The summed E-state index contributed by atoms with van der Waals surface area (Å²) in [5.74, 6) is 0. The van der Waals surface area contributed by atoms with Crippen molar-refractivity contribution in [3.63, 3.8) is 0 Å². The minimum Gasteiger partial charge on any atom is -0.295 e. The molecule has 0 aliphatic rings. The highest BCUT2D eigenvalue weighted by atomic mass is 79.9. The predicted octanol–water partition coefficient (Wildman–Crippen LogP) is 4.12. The lowest BCUT2D eigenvalue weighted by Gasteiger charge is -2.25. The maximum atomic E-state index is 3.57. The average Bonchev–Trinajstić information content (AvgIpc) is 2.51. The molecule has 0 atom stereocenters. The molecule has 0 N–H and O–H groups in total. The van der Waals surface area contributed by atoms with Gasteiger partial charge in [-0.05, 0) is 41.2 Å². The van der Waals surface area contributed by atoms with Gasteiger partial charge in [-0.1, -0.05) is 15.9 Å². The summed E-state index contributed by atoms with van der Waals surface area (Å²) in [5, 5.41) is 3.17. The van der Waals surface area contributed by atoms with Crippen molar-refractivity contribution in [1.82, 2.24) is 4.90 Å².